The third-order valence-electron chi connectivity index (χ3n) is 3.08. The van der Waals surface area contributed by atoms with E-state index in [2.05, 4.69) is 33.0 Å². The van der Waals surface area contributed by atoms with E-state index in [1.54, 1.807) is 6.07 Å². The van der Waals surface area contributed by atoms with E-state index in [1.165, 1.54) is 11.8 Å². The van der Waals surface area contributed by atoms with Gasteiger partial charge in [0.2, 0.25) is 5.76 Å². The van der Waals surface area contributed by atoms with Gasteiger partial charge in [-0.05, 0) is 37.2 Å². The number of halogens is 1. The maximum absolute atomic E-state index is 11.0. The normalized spacial score (nSPS) is 10.9. The van der Waals surface area contributed by atoms with E-state index in [0.29, 0.717) is 12.1 Å². The third-order valence-corrected chi connectivity index (χ3v) is 3.61. The number of hydrogen-bond acceptors (Lipinski definition) is 3. The maximum atomic E-state index is 11.0. The minimum atomic E-state index is -1.02. The summed E-state index contributed by atoms with van der Waals surface area (Å²) in [6.45, 7) is 1.42. The number of carboxylic acids is 1. The van der Waals surface area contributed by atoms with Crippen LogP contribution in [0.25, 0.3) is 0 Å². The summed E-state index contributed by atoms with van der Waals surface area (Å²) < 4.78 is 6.04. The molecule has 0 bridgehead atoms. The zero-order valence-electron chi connectivity index (χ0n) is 11.2. The molecule has 0 aliphatic carbocycles. The number of hydrogen-bond donors (Lipinski definition) is 1. The largest absolute Gasteiger partial charge is 0.475 e. The van der Waals surface area contributed by atoms with Crippen LogP contribution in [0.2, 0.25) is 0 Å². The number of rotatable bonds is 6. The second-order valence-corrected chi connectivity index (χ2v) is 5.61. The Balaban J connectivity index is 1.89. The maximum Gasteiger partial charge on any atom is 0.372 e. The Morgan fingerprint density at radius 2 is 2.00 bits per heavy atom. The van der Waals surface area contributed by atoms with Gasteiger partial charge >= 0.3 is 5.97 Å². The van der Waals surface area contributed by atoms with Crippen LogP contribution in [0.1, 0.15) is 21.7 Å². The Morgan fingerprint density at radius 1 is 1.30 bits per heavy atom. The Labute approximate surface area is 126 Å². The van der Waals surface area contributed by atoms with E-state index >= 15 is 0 Å². The lowest BCUT2D eigenvalue weighted by molar-refractivity contribution is 0.0659. The minimum Gasteiger partial charge on any atom is -0.475 e. The number of benzene rings is 1. The van der Waals surface area contributed by atoms with Crippen LogP contribution < -0.4 is 0 Å². The summed E-state index contributed by atoms with van der Waals surface area (Å²) in [4.78, 5) is 13.0. The van der Waals surface area contributed by atoms with Crippen LogP contribution in [0.15, 0.2) is 45.5 Å². The molecule has 20 heavy (non-hydrogen) atoms. The molecule has 0 aliphatic rings. The predicted molar refractivity (Wildman–Crippen MR) is 79.8 cm³/mol. The Bertz CT molecular complexity index is 577. The average Bonchev–Trinajstić information content (AvgIpc) is 2.86. The number of aromatic carboxylic acids is 1. The summed E-state index contributed by atoms with van der Waals surface area (Å²) in [5.41, 5.74) is 1.96. The molecule has 1 heterocycles. The Hall–Kier alpha value is -1.59. The first-order chi connectivity index (χ1) is 9.56. The molecule has 5 heteroatoms. The Morgan fingerprint density at radius 3 is 2.65 bits per heavy atom. The zero-order valence-corrected chi connectivity index (χ0v) is 12.8. The number of furan rings is 1. The van der Waals surface area contributed by atoms with E-state index in [0.717, 1.165) is 17.4 Å². The molecule has 0 atom stereocenters. The van der Waals surface area contributed by atoms with Gasteiger partial charge in [0.15, 0.2) is 0 Å². The van der Waals surface area contributed by atoms with Crippen molar-refractivity contribution in [3.8, 4) is 0 Å². The first-order valence-corrected chi connectivity index (χ1v) is 7.08. The summed E-state index contributed by atoms with van der Waals surface area (Å²) in [6, 6.07) is 9.92. The van der Waals surface area contributed by atoms with Gasteiger partial charge in [0.1, 0.15) is 0 Å². The van der Waals surface area contributed by atoms with Crippen molar-refractivity contribution in [3.05, 3.63) is 58.0 Å². The monoisotopic (exact) mass is 337 g/mol. The second-order valence-electron chi connectivity index (χ2n) is 4.69. The first kappa shape index (κ1) is 14.8. The van der Waals surface area contributed by atoms with Crippen molar-refractivity contribution in [1.29, 1.82) is 0 Å². The van der Waals surface area contributed by atoms with E-state index in [9.17, 15) is 4.79 Å². The average molecular weight is 338 g/mol. The van der Waals surface area contributed by atoms with Crippen molar-refractivity contribution in [1.82, 2.24) is 4.90 Å². The van der Waals surface area contributed by atoms with Crippen LogP contribution in [0.3, 0.4) is 0 Å². The molecule has 0 amide bonds. The number of carbonyl (C=O) groups is 1. The van der Waals surface area contributed by atoms with Gasteiger partial charge in [0.05, 0.1) is 6.26 Å². The van der Waals surface area contributed by atoms with Crippen LogP contribution in [0.5, 0.6) is 0 Å². The van der Waals surface area contributed by atoms with Gasteiger partial charge < -0.3 is 14.4 Å². The molecule has 0 saturated carbocycles. The molecule has 1 N–H and O–H groups in total. The van der Waals surface area contributed by atoms with Gasteiger partial charge in [-0.15, -0.1) is 0 Å². The predicted octanol–water partition coefficient (Wildman–Crippen LogP) is 3.41. The molecule has 0 aliphatic heterocycles. The lowest BCUT2D eigenvalue weighted by Crippen LogP contribution is -2.21. The standard InChI is InChI=1S/C15H16BrNO3/c1-17(8-6-11-2-4-13(16)5-3-11)10-12-7-9-20-14(12)15(18)19/h2-5,7,9H,6,8,10H2,1H3,(H,18,19). The van der Waals surface area contributed by atoms with E-state index < -0.39 is 5.97 Å². The van der Waals surface area contributed by atoms with Crippen LogP contribution in [-0.2, 0) is 13.0 Å². The van der Waals surface area contributed by atoms with Gasteiger partial charge in [0.25, 0.3) is 0 Å². The molecule has 0 fully saturated rings. The van der Waals surface area contributed by atoms with Gasteiger partial charge in [0, 0.05) is 23.1 Å². The molecule has 106 valence electrons. The molecule has 2 aromatic rings. The van der Waals surface area contributed by atoms with Crippen LogP contribution in [-0.4, -0.2) is 29.6 Å². The highest BCUT2D eigenvalue weighted by Gasteiger charge is 2.15. The molecule has 2 rings (SSSR count). The highest BCUT2D eigenvalue weighted by molar-refractivity contribution is 9.10. The molecule has 1 aromatic carbocycles. The van der Waals surface area contributed by atoms with Crippen molar-refractivity contribution in [2.45, 2.75) is 13.0 Å². The van der Waals surface area contributed by atoms with Crippen LogP contribution in [0.4, 0.5) is 0 Å². The van der Waals surface area contributed by atoms with Crippen molar-refractivity contribution in [2.75, 3.05) is 13.6 Å². The summed E-state index contributed by atoms with van der Waals surface area (Å²) in [6.07, 6.45) is 2.34. The summed E-state index contributed by atoms with van der Waals surface area (Å²) in [5, 5.41) is 8.98. The Kier molecular flexibility index (Phi) is 4.98. The molecule has 4 nitrogen and oxygen atoms in total. The third kappa shape index (κ3) is 3.95. The SMILES string of the molecule is CN(CCc1ccc(Br)cc1)Cc1ccoc1C(=O)O. The minimum absolute atomic E-state index is 0.0282. The second kappa shape index (κ2) is 6.72. The number of likely N-dealkylation sites (N-methyl/N-ethyl adjacent to an activating group) is 1. The van der Waals surface area contributed by atoms with Crippen molar-refractivity contribution in [2.24, 2.45) is 0 Å². The fourth-order valence-corrected chi connectivity index (χ4v) is 2.25. The molecule has 0 spiro atoms. The van der Waals surface area contributed by atoms with Crippen molar-refractivity contribution < 1.29 is 14.3 Å². The summed E-state index contributed by atoms with van der Waals surface area (Å²) in [5.74, 6) is -0.994. The molecular formula is C15H16BrNO3. The molecule has 0 unspecified atom stereocenters. The van der Waals surface area contributed by atoms with Crippen molar-refractivity contribution in [3.63, 3.8) is 0 Å². The highest BCUT2D eigenvalue weighted by Crippen LogP contribution is 2.14. The summed E-state index contributed by atoms with van der Waals surface area (Å²) >= 11 is 3.41. The van der Waals surface area contributed by atoms with Gasteiger partial charge in [-0.1, -0.05) is 28.1 Å². The summed E-state index contributed by atoms with van der Waals surface area (Å²) in [7, 11) is 1.97. The van der Waals surface area contributed by atoms with Gasteiger partial charge in [-0.3, -0.25) is 0 Å². The van der Waals surface area contributed by atoms with E-state index in [4.69, 9.17) is 9.52 Å². The van der Waals surface area contributed by atoms with Gasteiger partial charge in [-0.2, -0.15) is 0 Å². The lowest BCUT2D eigenvalue weighted by Gasteiger charge is -2.16. The fraction of sp³-hybridized carbons (Fsp3) is 0.267. The highest BCUT2D eigenvalue weighted by atomic mass is 79.9. The smallest absolute Gasteiger partial charge is 0.372 e. The van der Waals surface area contributed by atoms with E-state index in [-0.39, 0.29) is 5.76 Å². The first-order valence-electron chi connectivity index (χ1n) is 6.29. The number of carboxylic acid groups (broad SMARTS) is 1. The topological polar surface area (TPSA) is 53.7 Å². The molecule has 0 saturated heterocycles. The van der Waals surface area contributed by atoms with Crippen LogP contribution in [0, 0.1) is 0 Å². The van der Waals surface area contributed by atoms with E-state index in [1.807, 2.05) is 19.2 Å². The van der Waals surface area contributed by atoms with Crippen LogP contribution >= 0.6 is 15.9 Å². The number of nitrogens with zero attached hydrogens (tertiary/aromatic N) is 1. The lowest BCUT2D eigenvalue weighted by atomic mass is 10.1. The fourth-order valence-electron chi connectivity index (χ4n) is 1.99. The van der Waals surface area contributed by atoms with Crippen molar-refractivity contribution >= 4 is 21.9 Å². The molecule has 0 radical (unpaired) electrons. The quantitative estimate of drug-likeness (QED) is 0.877. The molecular weight excluding hydrogens is 322 g/mol. The van der Waals surface area contributed by atoms with Gasteiger partial charge in [-0.25, -0.2) is 4.79 Å². The molecule has 1 aromatic heterocycles. The zero-order chi connectivity index (χ0) is 14.5.